The van der Waals surface area contributed by atoms with Crippen LogP contribution in [0.15, 0.2) is 30.3 Å². The monoisotopic (exact) mass is 346 g/mol. The van der Waals surface area contributed by atoms with Crippen molar-refractivity contribution in [2.24, 2.45) is 5.92 Å². The minimum atomic E-state index is -0.151. The van der Waals surface area contributed by atoms with Gasteiger partial charge in [0.2, 0.25) is 11.8 Å². The number of amides is 2. The van der Waals surface area contributed by atoms with Crippen LogP contribution in [0.25, 0.3) is 0 Å². The number of nitrogens with zero attached hydrogens (tertiary/aromatic N) is 1. The Morgan fingerprint density at radius 2 is 1.92 bits per heavy atom. The van der Waals surface area contributed by atoms with Crippen molar-refractivity contribution in [1.29, 1.82) is 0 Å². The number of ether oxygens (including phenoxy) is 1. The second kappa shape index (κ2) is 10.2. The van der Waals surface area contributed by atoms with Crippen molar-refractivity contribution in [2.75, 3.05) is 20.3 Å². The third-order valence-corrected chi connectivity index (χ3v) is 4.73. The maximum absolute atomic E-state index is 12.7. The maximum atomic E-state index is 12.7. The Bertz CT molecular complexity index is 541. The maximum Gasteiger partial charge on any atom is 0.225 e. The lowest BCUT2D eigenvalue weighted by Gasteiger charge is -2.25. The van der Waals surface area contributed by atoms with Gasteiger partial charge < -0.3 is 15.0 Å². The van der Waals surface area contributed by atoms with Crippen molar-refractivity contribution >= 4 is 11.8 Å². The molecule has 1 aromatic carbocycles. The lowest BCUT2D eigenvalue weighted by molar-refractivity contribution is -0.133. The number of benzene rings is 1. The summed E-state index contributed by atoms with van der Waals surface area (Å²) in [5.41, 5.74) is 1.09. The lowest BCUT2D eigenvalue weighted by atomic mass is 10.1. The van der Waals surface area contributed by atoms with E-state index < -0.39 is 0 Å². The summed E-state index contributed by atoms with van der Waals surface area (Å²) >= 11 is 0. The van der Waals surface area contributed by atoms with Crippen LogP contribution >= 0.6 is 0 Å². The molecule has 0 bridgehead atoms. The zero-order valence-electron chi connectivity index (χ0n) is 15.4. The van der Waals surface area contributed by atoms with E-state index in [9.17, 15) is 9.59 Å². The molecule has 5 heteroatoms. The molecule has 138 valence electrons. The Hall–Kier alpha value is -1.88. The molecular weight excluding hydrogens is 316 g/mol. The van der Waals surface area contributed by atoms with Crippen LogP contribution in [0.3, 0.4) is 0 Å². The summed E-state index contributed by atoms with van der Waals surface area (Å²) in [4.78, 5) is 26.7. The molecule has 0 spiro atoms. The predicted molar refractivity (Wildman–Crippen MR) is 97.9 cm³/mol. The molecule has 0 unspecified atom stereocenters. The van der Waals surface area contributed by atoms with Crippen molar-refractivity contribution in [2.45, 2.75) is 51.6 Å². The van der Waals surface area contributed by atoms with E-state index in [0.29, 0.717) is 26.1 Å². The molecule has 2 rings (SSSR count). The van der Waals surface area contributed by atoms with Crippen molar-refractivity contribution in [3.63, 3.8) is 0 Å². The summed E-state index contributed by atoms with van der Waals surface area (Å²) < 4.78 is 5.13. The first kappa shape index (κ1) is 19.4. The third-order valence-electron chi connectivity index (χ3n) is 4.73. The predicted octanol–water partition coefficient (Wildman–Crippen LogP) is 2.75. The minimum absolute atomic E-state index is 0.0418. The summed E-state index contributed by atoms with van der Waals surface area (Å²) in [6.07, 6.45) is 4.52. The summed E-state index contributed by atoms with van der Waals surface area (Å²) in [6, 6.07) is 9.78. The zero-order chi connectivity index (χ0) is 18.1. The van der Waals surface area contributed by atoms with E-state index in [0.717, 1.165) is 31.2 Å². The number of nitrogens with one attached hydrogen (secondary N) is 1. The molecule has 1 aliphatic carbocycles. The van der Waals surface area contributed by atoms with Crippen molar-refractivity contribution in [1.82, 2.24) is 10.2 Å². The first-order chi connectivity index (χ1) is 12.1. The summed E-state index contributed by atoms with van der Waals surface area (Å²) in [5.74, 6) is 0.274. The minimum Gasteiger partial charge on any atom is -0.383 e. The van der Waals surface area contributed by atoms with E-state index in [4.69, 9.17) is 4.74 Å². The Kier molecular flexibility index (Phi) is 7.92. The van der Waals surface area contributed by atoms with Crippen LogP contribution in [0, 0.1) is 5.92 Å². The average Bonchev–Trinajstić information content (AvgIpc) is 3.14. The highest BCUT2D eigenvalue weighted by Crippen LogP contribution is 2.24. The first-order valence-electron chi connectivity index (χ1n) is 9.21. The Balaban J connectivity index is 1.87. The molecule has 1 atom stereocenters. The van der Waals surface area contributed by atoms with Crippen LogP contribution in [0.4, 0.5) is 0 Å². The second-order valence-corrected chi connectivity index (χ2v) is 6.89. The average molecular weight is 346 g/mol. The van der Waals surface area contributed by atoms with Crippen molar-refractivity contribution < 1.29 is 14.3 Å². The molecule has 1 N–H and O–H groups in total. The summed E-state index contributed by atoms with van der Waals surface area (Å²) in [7, 11) is 1.63. The fourth-order valence-corrected chi connectivity index (χ4v) is 3.29. The molecule has 2 amide bonds. The molecule has 25 heavy (non-hydrogen) atoms. The quantitative estimate of drug-likeness (QED) is 0.748. The van der Waals surface area contributed by atoms with Gasteiger partial charge in [0.15, 0.2) is 0 Å². The van der Waals surface area contributed by atoms with Gasteiger partial charge in [-0.15, -0.1) is 0 Å². The largest absolute Gasteiger partial charge is 0.383 e. The highest BCUT2D eigenvalue weighted by molar-refractivity contribution is 5.81. The molecule has 1 aromatic rings. The van der Waals surface area contributed by atoms with E-state index in [1.54, 1.807) is 12.0 Å². The van der Waals surface area contributed by atoms with Crippen LogP contribution in [0.5, 0.6) is 0 Å². The number of hydrogen-bond acceptors (Lipinski definition) is 3. The Morgan fingerprint density at radius 1 is 1.24 bits per heavy atom. The van der Waals surface area contributed by atoms with Gasteiger partial charge in [-0.3, -0.25) is 9.59 Å². The number of carbonyl (C=O) groups is 2. The molecule has 0 saturated heterocycles. The molecular formula is C20H30N2O3. The van der Waals surface area contributed by atoms with Gasteiger partial charge in [0.1, 0.15) is 0 Å². The van der Waals surface area contributed by atoms with Gasteiger partial charge in [-0.2, -0.15) is 0 Å². The number of carbonyl (C=O) groups excluding carboxylic acids is 2. The zero-order valence-corrected chi connectivity index (χ0v) is 15.4. The van der Waals surface area contributed by atoms with Gasteiger partial charge >= 0.3 is 0 Å². The molecule has 5 nitrogen and oxygen atoms in total. The Morgan fingerprint density at radius 3 is 2.56 bits per heavy atom. The highest BCUT2D eigenvalue weighted by Gasteiger charge is 2.25. The number of rotatable bonds is 9. The molecule has 1 saturated carbocycles. The van der Waals surface area contributed by atoms with Gasteiger partial charge in [-0.1, -0.05) is 43.2 Å². The van der Waals surface area contributed by atoms with Crippen molar-refractivity contribution in [3.8, 4) is 0 Å². The van der Waals surface area contributed by atoms with Gasteiger partial charge in [0, 0.05) is 38.6 Å². The Labute approximate surface area is 150 Å². The van der Waals surface area contributed by atoms with Gasteiger partial charge in [0.05, 0.1) is 6.61 Å². The fraction of sp³-hybridized carbons (Fsp3) is 0.600. The van der Waals surface area contributed by atoms with Crippen molar-refractivity contribution in [3.05, 3.63) is 35.9 Å². The molecule has 0 aliphatic heterocycles. The van der Waals surface area contributed by atoms with Gasteiger partial charge in [-0.05, 0) is 25.3 Å². The number of methoxy groups -OCH3 is 1. The highest BCUT2D eigenvalue weighted by atomic mass is 16.5. The molecule has 0 radical (unpaired) electrons. The van der Waals surface area contributed by atoms with E-state index in [1.807, 2.05) is 37.3 Å². The first-order valence-corrected chi connectivity index (χ1v) is 9.21. The lowest BCUT2D eigenvalue weighted by Crippen LogP contribution is -2.41. The standard InChI is InChI=1S/C20H30N2O3/c1-16(21-20(24)18-10-6-7-11-18)14-19(23)22(12-13-25-2)15-17-8-4-3-5-9-17/h3-5,8-9,16,18H,6-7,10-15H2,1-2H3,(H,21,24)/t16-/m1/s1. The molecule has 1 fully saturated rings. The molecule has 0 heterocycles. The fourth-order valence-electron chi connectivity index (χ4n) is 3.29. The number of hydrogen-bond donors (Lipinski definition) is 1. The molecule has 0 aromatic heterocycles. The van der Waals surface area contributed by atoms with Crippen LogP contribution in [0.1, 0.15) is 44.6 Å². The topological polar surface area (TPSA) is 58.6 Å². The smallest absolute Gasteiger partial charge is 0.225 e. The van der Waals surface area contributed by atoms with E-state index in [-0.39, 0.29) is 23.8 Å². The van der Waals surface area contributed by atoms with Crippen LogP contribution in [-0.2, 0) is 20.9 Å². The van der Waals surface area contributed by atoms with E-state index in [1.165, 1.54) is 0 Å². The van der Waals surface area contributed by atoms with Crippen LogP contribution < -0.4 is 5.32 Å². The summed E-state index contributed by atoms with van der Waals surface area (Å²) in [5, 5.41) is 3.01. The van der Waals surface area contributed by atoms with Crippen LogP contribution in [-0.4, -0.2) is 43.0 Å². The third kappa shape index (κ3) is 6.50. The van der Waals surface area contributed by atoms with E-state index in [2.05, 4.69) is 5.32 Å². The molecule has 1 aliphatic rings. The van der Waals surface area contributed by atoms with E-state index >= 15 is 0 Å². The van der Waals surface area contributed by atoms with Crippen LogP contribution in [0.2, 0.25) is 0 Å². The van der Waals surface area contributed by atoms with Gasteiger partial charge in [-0.25, -0.2) is 0 Å². The summed E-state index contributed by atoms with van der Waals surface area (Å²) in [6.45, 7) is 3.52. The second-order valence-electron chi connectivity index (χ2n) is 6.89. The normalized spacial score (nSPS) is 15.8. The van der Waals surface area contributed by atoms with Gasteiger partial charge in [0.25, 0.3) is 0 Å². The SMILES string of the molecule is COCCN(Cc1ccccc1)C(=O)C[C@@H](C)NC(=O)C1CCCC1.